The first-order valence-electron chi connectivity index (χ1n) is 15.3. The van der Waals surface area contributed by atoms with E-state index < -0.39 is 0 Å². The van der Waals surface area contributed by atoms with Gasteiger partial charge in [0.25, 0.3) is 5.91 Å². The Labute approximate surface area is 243 Å². The highest BCUT2D eigenvalue weighted by molar-refractivity contribution is 5.91. The molecule has 8 nitrogen and oxygen atoms in total. The van der Waals surface area contributed by atoms with Gasteiger partial charge in [-0.3, -0.25) is 9.69 Å². The molecule has 3 fully saturated rings. The molecule has 2 saturated carbocycles. The van der Waals surface area contributed by atoms with E-state index in [1.54, 1.807) is 0 Å². The molecule has 214 valence electrons. The zero-order valence-electron chi connectivity index (χ0n) is 24.6. The molecule has 1 amide bonds. The van der Waals surface area contributed by atoms with Crippen LogP contribution in [0.2, 0.25) is 0 Å². The summed E-state index contributed by atoms with van der Waals surface area (Å²) in [5.41, 5.74) is 6.54. The summed E-state index contributed by atoms with van der Waals surface area (Å²) >= 11 is 0. The number of nitrogens with zero attached hydrogens (tertiary/aromatic N) is 7. The van der Waals surface area contributed by atoms with Crippen LogP contribution in [0.5, 0.6) is 0 Å². The van der Waals surface area contributed by atoms with E-state index in [2.05, 4.69) is 84.6 Å². The Morgan fingerprint density at radius 1 is 0.902 bits per heavy atom. The fourth-order valence-electron chi connectivity index (χ4n) is 6.98. The van der Waals surface area contributed by atoms with Crippen LogP contribution in [0.1, 0.15) is 61.6 Å². The second-order valence-corrected chi connectivity index (χ2v) is 12.3. The summed E-state index contributed by atoms with van der Waals surface area (Å²) in [5.74, 6) is 0.884. The molecule has 8 heteroatoms. The van der Waals surface area contributed by atoms with Crippen molar-refractivity contribution in [2.45, 2.75) is 70.5 Å². The van der Waals surface area contributed by atoms with Crippen LogP contribution >= 0.6 is 0 Å². The van der Waals surface area contributed by atoms with Gasteiger partial charge in [0.15, 0.2) is 5.82 Å². The van der Waals surface area contributed by atoms with Crippen LogP contribution in [-0.4, -0.2) is 81.8 Å². The summed E-state index contributed by atoms with van der Waals surface area (Å²) in [6, 6.07) is 16.3. The summed E-state index contributed by atoms with van der Waals surface area (Å²) in [5, 5.41) is 4.84. The van der Waals surface area contributed by atoms with Crippen LogP contribution in [0, 0.1) is 6.92 Å². The Balaban J connectivity index is 1.28. The zero-order valence-corrected chi connectivity index (χ0v) is 24.6. The van der Waals surface area contributed by atoms with Crippen LogP contribution in [0.15, 0.2) is 54.7 Å². The van der Waals surface area contributed by atoms with E-state index in [9.17, 15) is 4.79 Å². The number of anilines is 2. The van der Waals surface area contributed by atoms with Gasteiger partial charge in [0.1, 0.15) is 0 Å². The van der Waals surface area contributed by atoms with Gasteiger partial charge >= 0.3 is 0 Å². The Hall–Kier alpha value is -3.65. The van der Waals surface area contributed by atoms with Crippen molar-refractivity contribution < 1.29 is 4.79 Å². The molecule has 2 aliphatic carbocycles. The fourth-order valence-corrected chi connectivity index (χ4v) is 6.98. The molecule has 0 radical (unpaired) electrons. The zero-order chi connectivity index (χ0) is 28.2. The van der Waals surface area contributed by atoms with Crippen LogP contribution in [0.25, 0.3) is 17.1 Å². The predicted octanol–water partition coefficient (Wildman–Crippen LogP) is 5.26. The summed E-state index contributed by atoms with van der Waals surface area (Å²) < 4.78 is 1.85. The van der Waals surface area contributed by atoms with Crippen molar-refractivity contribution >= 4 is 17.3 Å². The highest BCUT2D eigenvalue weighted by Gasteiger charge is 2.36. The van der Waals surface area contributed by atoms with Crippen molar-refractivity contribution in [2.75, 3.05) is 43.0 Å². The SMILES string of the molecule is C=C1[C@@H](C)N(C2CCCC2)c2cc(-c3nc(C(=O)N4CCN(C5CC5)CC4)nn3-c3ccc(C)cc3)ccc2N1C. The van der Waals surface area contributed by atoms with Crippen LogP contribution in [-0.2, 0) is 0 Å². The third-order valence-electron chi connectivity index (χ3n) is 9.66. The van der Waals surface area contributed by atoms with Gasteiger partial charge < -0.3 is 14.7 Å². The fraction of sp³-hybridized carbons (Fsp3) is 0.485. The molecule has 3 aromatic rings. The van der Waals surface area contributed by atoms with E-state index in [4.69, 9.17) is 10.1 Å². The van der Waals surface area contributed by atoms with Gasteiger partial charge in [0.2, 0.25) is 5.82 Å². The van der Waals surface area contributed by atoms with E-state index in [0.29, 0.717) is 11.9 Å². The first-order chi connectivity index (χ1) is 19.9. The minimum absolute atomic E-state index is 0.0808. The molecule has 2 aliphatic heterocycles. The Morgan fingerprint density at radius 2 is 1.61 bits per heavy atom. The maximum absolute atomic E-state index is 13.7. The van der Waals surface area contributed by atoms with Gasteiger partial charge in [-0.25, -0.2) is 9.67 Å². The number of likely N-dealkylation sites (N-methyl/N-ethyl adjacent to an activating group) is 1. The molecule has 0 bridgehead atoms. The predicted molar refractivity (Wildman–Crippen MR) is 164 cm³/mol. The molecule has 1 saturated heterocycles. The minimum Gasteiger partial charge on any atom is -0.359 e. The smallest absolute Gasteiger partial charge is 0.293 e. The van der Waals surface area contributed by atoms with Crippen LogP contribution < -0.4 is 9.80 Å². The molecule has 1 aromatic heterocycles. The second kappa shape index (κ2) is 10.3. The lowest BCUT2D eigenvalue weighted by atomic mass is 9.99. The van der Waals surface area contributed by atoms with Gasteiger partial charge in [-0.05, 0) is 69.9 Å². The first-order valence-corrected chi connectivity index (χ1v) is 15.3. The first kappa shape index (κ1) is 26.3. The lowest BCUT2D eigenvalue weighted by Gasteiger charge is -2.46. The summed E-state index contributed by atoms with van der Waals surface area (Å²) in [6.45, 7) is 12.1. The van der Waals surface area contributed by atoms with Crippen molar-refractivity contribution in [3.63, 3.8) is 0 Å². The molecule has 4 aliphatic rings. The molecule has 0 spiro atoms. The number of aromatic nitrogens is 3. The van der Waals surface area contributed by atoms with Gasteiger partial charge in [0.05, 0.1) is 23.1 Å². The standard InChI is InChI=1S/C33H41N7O/c1-22-9-12-28(13-10-22)40-32(34-31(35-40)33(41)38-19-17-37(18-20-38)26-14-15-26)25-11-16-29-30(21-25)39(27-7-5-6-8-27)24(3)23(2)36(29)4/h9-13,16,21,24,26-27H,2,5-8,14-15,17-20H2,1,3-4H3/t24-/m1/s1. The van der Waals surface area contributed by atoms with Gasteiger partial charge in [-0.2, -0.15) is 0 Å². The highest BCUT2D eigenvalue weighted by Crippen LogP contribution is 2.44. The van der Waals surface area contributed by atoms with Gasteiger partial charge in [0, 0.05) is 56.6 Å². The summed E-state index contributed by atoms with van der Waals surface area (Å²) in [6.07, 6.45) is 7.54. The topological polar surface area (TPSA) is 60.7 Å². The molecule has 41 heavy (non-hydrogen) atoms. The third kappa shape index (κ3) is 4.72. The Kier molecular flexibility index (Phi) is 6.61. The molecule has 0 unspecified atom stereocenters. The number of carbonyl (C=O) groups is 1. The average Bonchev–Trinajstić information content (AvgIpc) is 3.52. The number of rotatable bonds is 5. The summed E-state index contributed by atoms with van der Waals surface area (Å²) in [7, 11) is 2.11. The number of piperazine rings is 1. The lowest BCUT2D eigenvalue weighted by molar-refractivity contribution is 0.0615. The molecule has 2 aromatic carbocycles. The number of aryl methyl sites for hydroxylation is 1. The average molecular weight is 552 g/mol. The van der Waals surface area contributed by atoms with E-state index >= 15 is 0 Å². The van der Waals surface area contributed by atoms with E-state index in [-0.39, 0.29) is 17.8 Å². The molecular weight excluding hydrogens is 510 g/mol. The Morgan fingerprint density at radius 3 is 2.29 bits per heavy atom. The largest absolute Gasteiger partial charge is 0.359 e. The molecular formula is C33H41N7O. The quantitative estimate of drug-likeness (QED) is 0.431. The lowest BCUT2D eigenvalue weighted by Crippen LogP contribution is -2.49. The Bertz CT molecular complexity index is 1460. The maximum Gasteiger partial charge on any atom is 0.293 e. The third-order valence-corrected chi connectivity index (χ3v) is 9.66. The number of amides is 1. The molecule has 7 rings (SSSR count). The van der Waals surface area contributed by atoms with E-state index in [0.717, 1.165) is 54.9 Å². The minimum atomic E-state index is -0.0808. The second-order valence-electron chi connectivity index (χ2n) is 12.3. The van der Waals surface area contributed by atoms with E-state index in [1.165, 1.54) is 49.8 Å². The number of hydrogen-bond donors (Lipinski definition) is 0. The monoisotopic (exact) mass is 551 g/mol. The number of carbonyl (C=O) groups excluding carboxylic acids is 1. The van der Waals surface area contributed by atoms with Crippen LogP contribution in [0.3, 0.4) is 0 Å². The van der Waals surface area contributed by atoms with Gasteiger partial charge in [-0.1, -0.05) is 37.1 Å². The van der Waals surface area contributed by atoms with Crippen molar-refractivity contribution in [1.29, 1.82) is 0 Å². The van der Waals surface area contributed by atoms with Crippen molar-refractivity contribution in [1.82, 2.24) is 24.6 Å². The molecule has 3 heterocycles. The molecule has 1 atom stereocenters. The normalized spacial score (nSPS) is 22.0. The number of fused-ring (bicyclic) bond motifs is 1. The highest BCUT2D eigenvalue weighted by atomic mass is 16.2. The summed E-state index contributed by atoms with van der Waals surface area (Å²) in [4.78, 5) is 27.9. The molecule has 0 N–H and O–H groups in total. The van der Waals surface area contributed by atoms with Gasteiger partial charge in [-0.15, -0.1) is 5.10 Å². The number of hydrogen-bond acceptors (Lipinski definition) is 6. The van der Waals surface area contributed by atoms with E-state index in [1.807, 2.05) is 9.58 Å². The van der Waals surface area contributed by atoms with Crippen molar-refractivity contribution in [3.8, 4) is 17.1 Å². The number of benzene rings is 2. The van der Waals surface area contributed by atoms with Crippen molar-refractivity contribution in [2.24, 2.45) is 0 Å². The maximum atomic E-state index is 13.7. The van der Waals surface area contributed by atoms with Crippen molar-refractivity contribution in [3.05, 3.63) is 66.1 Å². The van der Waals surface area contributed by atoms with Crippen LogP contribution in [0.4, 0.5) is 11.4 Å².